The molecular weight excluding hydrogens is 268 g/mol. The molecule has 0 saturated carbocycles. The lowest BCUT2D eigenvalue weighted by Crippen LogP contribution is -2.01. The zero-order valence-corrected chi connectivity index (χ0v) is 12.9. The average molecular weight is 288 g/mol. The summed E-state index contributed by atoms with van der Waals surface area (Å²) < 4.78 is 0. The van der Waals surface area contributed by atoms with Crippen LogP contribution in [0, 0.1) is 11.8 Å². The Balaban J connectivity index is 2.30. The first-order chi connectivity index (χ1) is 10.8. The predicted molar refractivity (Wildman–Crippen MR) is 92.5 cm³/mol. The minimum Gasteiger partial charge on any atom is -0.288 e. The fraction of sp³-hybridized carbons (Fsp3) is 0.190. The highest BCUT2D eigenvalue weighted by atomic mass is 16.1. The van der Waals surface area contributed by atoms with Crippen LogP contribution in [0.1, 0.15) is 42.1 Å². The summed E-state index contributed by atoms with van der Waals surface area (Å²) in [4.78, 5) is 12.6. The van der Waals surface area contributed by atoms with E-state index >= 15 is 0 Å². The van der Waals surface area contributed by atoms with Gasteiger partial charge in [0.05, 0.1) is 5.57 Å². The summed E-state index contributed by atoms with van der Waals surface area (Å²) >= 11 is 0. The molecule has 2 aromatic carbocycles. The molecule has 0 aliphatic carbocycles. The van der Waals surface area contributed by atoms with Crippen molar-refractivity contribution in [2.24, 2.45) is 0 Å². The highest BCUT2D eigenvalue weighted by Gasteiger charge is 2.09. The van der Waals surface area contributed by atoms with Gasteiger partial charge >= 0.3 is 0 Å². The van der Waals surface area contributed by atoms with E-state index < -0.39 is 0 Å². The largest absolute Gasteiger partial charge is 0.288 e. The Hall–Kier alpha value is -2.59. The third-order valence-corrected chi connectivity index (χ3v) is 3.27. The predicted octanol–water partition coefficient (Wildman–Crippen LogP) is 5.15. The van der Waals surface area contributed by atoms with Crippen molar-refractivity contribution < 1.29 is 4.79 Å². The van der Waals surface area contributed by atoms with Gasteiger partial charge < -0.3 is 0 Å². The Bertz CT molecular complexity index is 685. The van der Waals surface area contributed by atoms with Gasteiger partial charge in [-0.1, -0.05) is 85.8 Å². The average Bonchev–Trinajstić information content (AvgIpc) is 2.59. The van der Waals surface area contributed by atoms with Crippen molar-refractivity contribution >= 4 is 11.9 Å². The first kappa shape index (κ1) is 15.8. The van der Waals surface area contributed by atoms with E-state index in [-0.39, 0.29) is 5.78 Å². The Morgan fingerprint density at radius 1 is 1.00 bits per heavy atom. The van der Waals surface area contributed by atoms with Crippen molar-refractivity contribution in [1.82, 2.24) is 0 Å². The van der Waals surface area contributed by atoms with Crippen LogP contribution in [0.25, 0.3) is 6.08 Å². The molecule has 0 N–H and O–H groups in total. The topological polar surface area (TPSA) is 17.1 Å². The lowest BCUT2D eigenvalue weighted by atomic mass is 10.0. The molecule has 0 bridgehead atoms. The number of ketones is 1. The van der Waals surface area contributed by atoms with Crippen LogP contribution >= 0.6 is 0 Å². The molecule has 0 heterocycles. The van der Waals surface area contributed by atoms with Crippen LogP contribution in [-0.2, 0) is 0 Å². The van der Waals surface area contributed by atoms with Crippen LogP contribution in [0.4, 0.5) is 0 Å². The Morgan fingerprint density at radius 3 is 2.27 bits per heavy atom. The molecule has 22 heavy (non-hydrogen) atoms. The van der Waals surface area contributed by atoms with Gasteiger partial charge in [0, 0.05) is 12.0 Å². The number of allylic oxidation sites excluding steroid dienone is 1. The van der Waals surface area contributed by atoms with Gasteiger partial charge in [0.25, 0.3) is 0 Å². The molecular formula is C21H20O. The number of carbonyl (C=O) groups excluding carboxylic acids is 1. The number of benzene rings is 2. The molecule has 0 radical (unpaired) electrons. The Morgan fingerprint density at radius 2 is 1.64 bits per heavy atom. The van der Waals surface area contributed by atoms with Crippen LogP contribution in [0.15, 0.2) is 66.2 Å². The molecule has 1 nitrogen and oxygen atoms in total. The summed E-state index contributed by atoms with van der Waals surface area (Å²) in [5, 5.41) is 0. The van der Waals surface area contributed by atoms with Crippen LogP contribution in [0.2, 0.25) is 0 Å². The Labute approximate surface area is 132 Å². The van der Waals surface area contributed by atoms with E-state index in [2.05, 4.69) is 18.8 Å². The molecule has 110 valence electrons. The molecule has 0 amide bonds. The van der Waals surface area contributed by atoms with E-state index in [1.165, 1.54) is 0 Å². The monoisotopic (exact) mass is 288 g/mol. The van der Waals surface area contributed by atoms with Gasteiger partial charge in [0.15, 0.2) is 0 Å². The summed E-state index contributed by atoms with van der Waals surface area (Å²) in [5.74, 6) is 6.16. The van der Waals surface area contributed by atoms with Gasteiger partial charge in [-0.05, 0) is 18.1 Å². The zero-order chi connectivity index (χ0) is 15.6. The lowest BCUT2D eigenvalue weighted by molar-refractivity contribution is 0.104. The summed E-state index contributed by atoms with van der Waals surface area (Å²) in [6.07, 6.45) is 4.86. The van der Waals surface area contributed by atoms with Gasteiger partial charge in [-0.25, -0.2) is 0 Å². The van der Waals surface area contributed by atoms with Crippen molar-refractivity contribution in [2.45, 2.75) is 26.2 Å². The van der Waals surface area contributed by atoms with Gasteiger partial charge in [0.1, 0.15) is 0 Å². The molecule has 1 heteroatoms. The standard InChI is InChI=1S/C21H20O/c1-2-3-4-9-16-20(17-18-12-7-5-8-13-18)21(22)19-14-10-6-11-15-19/h5-8,10-15,17H,2-4H2,1H3/b20-17+. The summed E-state index contributed by atoms with van der Waals surface area (Å²) in [6.45, 7) is 2.14. The third-order valence-electron chi connectivity index (χ3n) is 3.27. The molecule has 0 spiro atoms. The molecule has 0 fully saturated rings. The molecule has 0 unspecified atom stereocenters. The third kappa shape index (κ3) is 4.75. The number of hydrogen-bond donors (Lipinski definition) is 0. The quantitative estimate of drug-likeness (QED) is 0.322. The first-order valence-corrected chi connectivity index (χ1v) is 7.66. The van der Waals surface area contributed by atoms with E-state index in [9.17, 15) is 4.79 Å². The minimum atomic E-state index is -0.0200. The van der Waals surface area contributed by atoms with Gasteiger partial charge in [-0.2, -0.15) is 0 Å². The first-order valence-electron chi connectivity index (χ1n) is 7.66. The van der Waals surface area contributed by atoms with Gasteiger partial charge in [-0.3, -0.25) is 4.79 Å². The molecule has 0 aromatic heterocycles. The van der Waals surface area contributed by atoms with Gasteiger partial charge in [-0.15, -0.1) is 0 Å². The van der Waals surface area contributed by atoms with Gasteiger partial charge in [0.2, 0.25) is 5.78 Å². The number of Topliss-reactive ketones (excluding diaryl/α,β-unsaturated/α-hetero) is 1. The maximum atomic E-state index is 12.6. The second-order valence-electron chi connectivity index (χ2n) is 5.07. The molecule has 0 atom stereocenters. The smallest absolute Gasteiger partial charge is 0.201 e. The second kappa shape index (κ2) is 8.64. The summed E-state index contributed by atoms with van der Waals surface area (Å²) in [6, 6.07) is 19.1. The van der Waals surface area contributed by atoms with E-state index in [4.69, 9.17) is 0 Å². The molecule has 2 aromatic rings. The van der Waals surface area contributed by atoms with Crippen LogP contribution in [-0.4, -0.2) is 5.78 Å². The maximum absolute atomic E-state index is 12.6. The van der Waals surface area contributed by atoms with E-state index in [0.717, 1.165) is 24.8 Å². The van der Waals surface area contributed by atoms with E-state index in [1.54, 1.807) is 0 Å². The van der Waals surface area contributed by atoms with Crippen molar-refractivity contribution in [3.05, 3.63) is 77.4 Å². The van der Waals surface area contributed by atoms with Crippen LogP contribution < -0.4 is 0 Å². The SMILES string of the molecule is CCCCC#C/C(=C\c1ccccc1)C(=O)c1ccccc1. The zero-order valence-electron chi connectivity index (χ0n) is 12.9. The fourth-order valence-corrected chi connectivity index (χ4v) is 2.04. The number of rotatable bonds is 5. The van der Waals surface area contributed by atoms with E-state index in [0.29, 0.717) is 11.1 Å². The number of carbonyl (C=O) groups is 1. The second-order valence-corrected chi connectivity index (χ2v) is 5.07. The highest BCUT2D eigenvalue weighted by Crippen LogP contribution is 2.12. The van der Waals surface area contributed by atoms with E-state index in [1.807, 2.05) is 66.7 Å². The maximum Gasteiger partial charge on any atom is 0.201 e. The van der Waals surface area contributed by atoms with Crippen molar-refractivity contribution in [2.75, 3.05) is 0 Å². The summed E-state index contributed by atoms with van der Waals surface area (Å²) in [7, 11) is 0. The van der Waals surface area contributed by atoms with Crippen LogP contribution in [0.5, 0.6) is 0 Å². The molecule has 0 aliphatic heterocycles. The lowest BCUT2D eigenvalue weighted by Gasteiger charge is -2.01. The Kier molecular flexibility index (Phi) is 6.20. The van der Waals surface area contributed by atoms with Crippen molar-refractivity contribution in [3.63, 3.8) is 0 Å². The number of hydrogen-bond acceptors (Lipinski definition) is 1. The normalized spacial score (nSPS) is 10.7. The molecule has 2 rings (SSSR count). The molecule has 0 saturated heterocycles. The minimum absolute atomic E-state index is 0.0200. The molecule has 0 aliphatic rings. The fourth-order valence-electron chi connectivity index (χ4n) is 2.04. The van der Waals surface area contributed by atoms with Crippen molar-refractivity contribution in [3.8, 4) is 11.8 Å². The highest BCUT2D eigenvalue weighted by molar-refractivity contribution is 6.14. The summed E-state index contributed by atoms with van der Waals surface area (Å²) in [5.41, 5.74) is 2.22. The van der Waals surface area contributed by atoms with Crippen LogP contribution in [0.3, 0.4) is 0 Å². The number of unbranched alkanes of at least 4 members (excludes halogenated alkanes) is 2. The van der Waals surface area contributed by atoms with Crippen molar-refractivity contribution in [1.29, 1.82) is 0 Å².